The standard InChI is InChI=1S/C27H46O5/c1-7-27(29,31-6)24(30-5)21-17-12-10-8-9-11-16-20-23(22-18-14-13-15-19-22)25(28)32-26(2,3)4/h13-15,18-19,23-24,29H,7-12,16-17,20-21H2,1-6H3. The van der Waals surface area contributed by atoms with Crippen LogP contribution in [-0.4, -0.2) is 42.8 Å². The van der Waals surface area contributed by atoms with Gasteiger partial charge in [-0.15, -0.1) is 0 Å². The van der Waals surface area contributed by atoms with E-state index >= 15 is 0 Å². The number of ether oxygens (including phenoxy) is 3. The van der Waals surface area contributed by atoms with E-state index in [0.717, 1.165) is 44.1 Å². The first-order chi connectivity index (χ1) is 15.2. The first kappa shape index (κ1) is 28.6. The van der Waals surface area contributed by atoms with Crippen LogP contribution in [0.25, 0.3) is 0 Å². The van der Waals surface area contributed by atoms with E-state index in [0.29, 0.717) is 6.42 Å². The predicted octanol–water partition coefficient (Wildman–Crippen LogP) is 6.38. The van der Waals surface area contributed by atoms with Crippen LogP contribution in [0.5, 0.6) is 0 Å². The van der Waals surface area contributed by atoms with Gasteiger partial charge in [-0.1, -0.05) is 82.2 Å². The lowest BCUT2D eigenvalue weighted by molar-refractivity contribution is -0.251. The molecule has 0 fully saturated rings. The largest absolute Gasteiger partial charge is 0.459 e. The molecule has 0 heterocycles. The number of carbonyl (C=O) groups excluding carboxylic acids is 1. The maximum absolute atomic E-state index is 12.7. The molecule has 0 aliphatic carbocycles. The third-order valence-electron chi connectivity index (χ3n) is 6.00. The molecular weight excluding hydrogens is 404 g/mol. The van der Waals surface area contributed by atoms with E-state index in [2.05, 4.69) is 0 Å². The minimum Gasteiger partial charge on any atom is -0.459 e. The summed E-state index contributed by atoms with van der Waals surface area (Å²) in [6.45, 7) is 7.65. The van der Waals surface area contributed by atoms with Crippen molar-refractivity contribution in [3.05, 3.63) is 35.9 Å². The second kappa shape index (κ2) is 14.7. The van der Waals surface area contributed by atoms with Crippen LogP contribution >= 0.6 is 0 Å². The zero-order chi connectivity index (χ0) is 24.0. The van der Waals surface area contributed by atoms with Crippen molar-refractivity contribution >= 4 is 5.97 Å². The smallest absolute Gasteiger partial charge is 0.313 e. The molecule has 0 spiro atoms. The topological polar surface area (TPSA) is 65.0 Å². The Labute approximate surface area is 195 Å². The molecule has 0 aromatic heterocycles. The van der Waals surface area contributed by atoms with E-state index in [1.807, 2.05) is 58.0 Å². The van der Waals surface area contributed by atoms with Crippen LogP contribution in [0.3, 0.4) is 0 Å². The third-order valence-corrected chi connectivity index (χ3v) is 6.00. The number of rotatable bonds is 16. The molecule has 1 rings (SSSR count). The molecular formula is C27H46O5. The van der Waals surface area contributed by atoms with Crippen molar-refractivity contribution in [2.45, 2.75) is 115 Å². The summed E-state index contributed by atoms with van der Waals surface area (Å²) < 4.78 is 16.4. The molecule has 5 nitrogen and oxygen atoms in total. The monoisotopic (exact) mass is 450 g/mol. The quantitative estimate of drug-likeness (QED) is 0.180. The van der Waals surface area contributed by atoms with Gasteiger partial charge in [-0.3, -0.25) is 4.79 Å². The number of hydrogen-bond donors (Lipinski definition) is 1. The highest BCUT2D eigenvalue weighted by Crippen LogP contribution is 2.27. The molecule has 0 aliphatic rings. The van der Waals surface area contributed by atoms with Gasteiger partial charge in [0.15, 0.2) is 5.79 Å². The van der Waals surface area contributed by atoms with Gasteiger partial charge in [0, 0.05) is 20.6 Å². The van der Waals surface area contributed by atoms with Crippen molar-refractivity contribution in [3.63, 3.8) is 0 Å². The van der Waals surface area contributed by atoms with Crippen LogP contribution in [0, 0.1) is 0 Å². The fourth-order valence-electron chi connectivity index (χ4n) is 4.07. The molecule has 3 unspecified atom stereocenters. The first-order valence-corrected chi connectivity index (χ1v) is 12.2. The van der Waals surface area contributed by atoms with Gasteiger partial charge in [0.2, 0.25) is 0 Å². The molecule has 0 bridgehead atoms. The van der Waals surface area contributed by atoms with Crippen molar-refractivity contribution in [2.24, 2.45) is 0 Å². The Morgan fingerprint density at radius 3 is 1.91 bits per heavy atom. The number of unbranched alkanes of at least 4 members (excludes halogenated alkanes) is 6. The van der Waals surface area contributed by atoms with Crippen LogP contribution in [-0.2, 0) is 19.0 Å². The van der Waals surface area contributed by atoms with Crippen LogP contribution in [0.2, 0.25) is 0 Å². The van der Waals surface area contributed by atoms with E-state index in [1.54, 1.807) is 7.11 Å². The minimum atomic E-state index is -1.20. The summed E-state index contributed by atoms with van der Waals surface area (Å²) in [5, 5.41) is 10.4. The van der Waals surface area contributed by atoms with Crippen LogP contribution in [0.15, 0.2) is 30.3 Å². The fourth-order valence-corrected chi connectivity index (χ4v) is 4.07. The van der Waals surface area contributed by atoms with Gasteiger partial charge < -0.3 is 19.3 Å². The molecule has 0 amide bonds. The van der Waals surface area contributed by atoms with Crippen molar-refractivity contribution in [1.82, 2.24) is 0 Å². The van der Waals surface area contributed by atoms with Crippen molar-refractivity contribution < 1.29 is 24.1 Å². The van der Waals surface area contributed by atoms with Gasteiger partial charge in [-0.25, -0.2) is 0 Å². The highest BCUT2D eigenvalue weighted by atomic mass is 16.6. The summed E-state index contributed by atoms with van der Waals surface area (Å²) in [6, 6.07) is 9.97. The highest BCUT2D eigenvalue weighted by molar-refractivity contribution is 5.78. The van der Waals surface area contributed by atoms with E-state index < -0.39 is 11.4 Å². The molecule has 1 aromatic carbocycles. The highest BCUT2D eigenvalue weighted by Gasteiger charge is 2.34. The zero-order valence-electron chi connectivity index (χ0n) is 21.2. The summed E-state index contributed by atoms with van der Waals surface area (Å²) in [5.74, 6) is -1.52. The minimum absolute atomic E-state index is 0.125. The Balaban J connectivity index is 2.32. The van der Waals surface area contributed by atoms with E-state index in [9.17, 15) is 9.90 Å². The molecule has 0 radical (unpaired) electrons. The number of benzene rings is 1. The number of hydrogen-bond acceptors (Lipinski definition) is 5. The van der Waals surface area contributed by atoms with Gasteiger partial charge in [0.1, 0.15) is 11.7 Å². The third kappa shape index (κ3) is 10.5. The van der Waals surface area contributed by atoms with Crippen LogP contribution in [0.1, 0.15) is 103 Å². The van der Waals surface area contributed by atoms with Crippen molar-refractivity contribution in [3.8, 4) is 0 Å². The number of carbonyl (C=O) groups is 1. The molecule has 3 atom stereocenters. The number of esters is 1. The van der Waals surface area contributed by atoms with Crippen molar-refractivity contribution in [1.29, 1.82) is 0 Å². The Bertz CT molecular complexity index is 619. The fraction of sp³-hybridized carbons (Fsp3) is 0.741. The van der Waals surface area contributed by atoms with Gasteiger partial charge in [-0.05, 0) is 39.2 Å². The molecule has 0 saturated heterocycles. The SMILES string of the molecule is CCC(O)(OC)C(CCCCCCCCCC(C(=O)OC(C)(C)C)c1ccccc1)OC. The van der Waals surface area contributed by atoms with Gasteiger partial charge in [-0.2, -0.15) is 0 Å². The normalized spacial score (nSPS) is 15.7. The Hall–Kier alpha value is -1.43. The van der Waals surface area contributed by atoms with E-state index in [-0.39, 0.29) is 18.0 Å². The first-order valence-electron chi connectivity index (χ1n) is 12.2. The second-order valence-electron chi connectivity index (χ2n) is 9.68. The lowest BCUT2D eigenvalue weighted by atomic mass is 9.92. The average Bonchev–Trinajstić information content (AvgIpc) is 2.76. The molecule has 32 heavy (non-hydrogen) atoms. The van der Waals surface area contributed by atoms with Crippen LogP contribution in [0.4, 0.5) is 0 Å². The van der Waals surface area contributed by atoms with Gasteiger partial charge in [0.05, 0.1) is 5.92 Å². The summed E-state index contributed by atoms with van der Waals surface area (Å²) in [5.41, 5.74) is 0.569. The summed E-state index contributed by atoms with van der Waals surface area (Å²) >= 11 is 0. The molecule has 184 valence electrons. The molecule has 1 aromatic rings. The molecule has 0 aliphatic heterocycles. The Kier molecular flexibility index (Phi) is 13.1. The Morgan fingerprint density at radius 1 is 0.906 bits per heavy atom. The maximum atomic E-state index is 12.7. The molecule has 5 heteroatoms. The summed E-state index contributed by atoms with van der Waals surface area (Å²) in [6.07, 6.45) is 9.62. The maximum Gasteiger partial charge on any atom is 0.313 e. The Morgan fingerprint density at radius 2 is 1.44 bits per heavy atom. The zero-order valence-corrected chi connectivity index (χ0v) is 21.2. The van der Waals surface area contributed by atoms with Crippen LogP contribution < -0.4 is 0 Å². The predicted molar refractivity (Wildman–Crippen MR) is 130 cm³/mol. The average molecular weight is 451 g/mol. The van der Waals surface area contributed by atoms with E-state index in [4.69, 9.17) is 14.2 Å². The number of aliphatic hydroxyl groups is 1. The van der Waals surface area contributed by atoms with Gasteiger partial charge >= 0.3 is 5.97 Å². The molecule has 0 saturated carbocycles. The van der Waals surface area contributed by atoms with E-state index in [1.165, 1.54) is 26.4 Å². The van der Waals surface area contributed by atoms with Crippen molar-refractivity contribution in [2.75, 3.05) is 14.2 Å². The number of methoxy groups -OCH3 is 2. The van der Waals surface area contributed by atoms with Gasteiger partial charge in [0.25, 0.3) is 0 Å². The molecule has 1 N–H and O–H groups in total. The summed E-state index contributed by atoms with van der Waals surface area (Å²) in [7, 11) is 3.16. The lowest BCUT2D eigenvalue weighted by Gasteiger charge is -2.33. The summed E-state index contributed by atoms with van der Waals surface area (Å²) in [4.78, 5) is 12.7. The second-order valence-corrected chi connectivity index (χ2v) is 9.68. The lowest BCUT2D eigenvalue weighted by Crippen LogP contribution is -2.44.